The van der Waals surface area contributed by atoms with Gasteiger partial charge in [-0.3, -0.25) is 9.59 Å². The maximum Gasteiger partial charge on any atom is 0.224 e. The number of nitrogens with zero attached hydrogens (tertiary/aromatic N) is 1. The number of likely N-dealkylation sites (N-methyl/N-ethyl adjacent to an activating group) is 1. The van der Waals surface area contributed by atoms with Crippen LogP contribution in [0.2, 0.25) is 0 Å². The monoisotopic (exact) mass is 319 g/mol. The largest absolute Gasteiger partial charge is 0.496 e. The molecular weight excluding hydrogens is 294 g/mol. The summed E-state index contributed by atoms with van der Waals surface area (Å²) in [5.74, 6) is 0.272. The number of carbonyl (C=O) groups is 2. The molecule has 23 heavy (non-hydrogen) atoms. The third-order valence-corrected chi connectivity index (χ3v) is 3.97. The first kappa shape index (κ1) is 17.3. The molecule has 0 spiro atoms. The zero-order chi connectivity index (χ0) is 16.8. The van der Waals surface area contributed by atoms with Gasteiger partial charge in [-0.05, 0) is 26.6 Å². The Morgan fingerprint density at radius 3 is 2.48 bits per heavy atom. The van der Waals surface area contributed by atoms with Crippen molar-refractivity contribution in [3.8, 4) is 5.75 Å². The summed E-state index contributed by atoms with van der Waals surface area (Å²) in [7, 11) is 5.52. The average Bonchev–Trinajstić information content (AvgIpc) is 3.33. The van der Waals surface area contributed by atoms with E-state index in [1.807, 2.05) is 43.3 Å². The Kier molecular flexibility index (Phi) is 5.98. The first-order chi connectivity index (χ1) is 11.0. The Labute approximate surface area is 137 Å². The molecule has 1 aromatic rings. The van der Waals surface area contributed by atoms with Crippen molar-refractivity contribution in [3.63, 3.8) is 0 Å². The predicted molar refractivity (Wildman–Crippen MR) is 88.0 cm³/mol. The molecule has 2 unspecified atom stereocenters. The Morgan fingerprint density at radius 1 is 1.17 bits per heavy atom. The van der Waals surface area contributed by atoms with Gasteiger partial charge < -0.3 is 20.3 Å². The summed E-state index contributed by atoms with van der Waals surface area (Å²) in [5.41, 5.74) is 0.927. The van der Waals surface area contributed by atoms with Crippen LogP contribution in [0, 0.1) is 11.8 Å². The molecule has 0 aromatic heterocycles. The second kappa shape index (κ2) is 7.97. The van der Waals surface area contributed by atoms with Crippen LogP contribution in [-0.2, 0) is 16.1 Å². The predicted octanol–water partition coefficient (Wildman–Crippen LogP) is 0.625. The molecule has 0 bridgehead atoms. The lowest BCUT2D eigenvalue weighted by atomic mass is 10.2. The number of para-hydroxylation sites is 1. The molecule has 2 rings (SSSR count). The third-order valence-electron chi connectivity index (χ3n) is 3.97. The number of rotatable bonds is 8. The summed E-state index contributed by atoms with van der Waals surface area (Å²) in [6.45, 7) is 1.81. The van der Waals surface area contributed by atoms with E-state index in [9.17, 15) is 9.59 Å². The van der Waals surface area contributed by atoms with Crippen LogP contribution < -0.4 is 15.4 Å². The highest BCUT2D eigenvalue weighted by molar-refractivity contribution is 5.92. The number of methoxy groups -OCH3 is 1. The summed E-state index contributed by atoms with van der Waals surface area (Å²) in [6.07, 6.45) is 0.631. The Morgan fingerprint density at radius 2 is 1.83 bits per heavy atom. The minimum absolute atomic E-state index is 0.0238. The van der Waals surface area contributed by atoms with Gasteiger partial charge >= 0.3 is 0 Å². The lowest BCUT2D eigenvalue weighted by Crippen LogP contribution is -2.34. The third kappa shape index (κ3) is 4.96. The number of hydrogen-bond acceptors (Lipinski definition) is 4. The van der Waals surface area contributed by atoms with Crippen LogP contribution in [0.25, 0.3) is 0 Å². The van der Waals surface area contributed by atoms with Crippen LogP contribution >= 0.6 is 0 Å². The number of carbonyl (C=O) groups excluding carboxylic acids is 2. The van der Waals surface area contributed by atoms with Gasteiger partial charge in [-0.15, -0.1) is 0 Å². The highest BCUT2D eigenvalue weighted by Gasteiger charge is 2.47. The van der Waals surface area contributed by atoms with Gasteiger partial charge in [0.25, 0.3) is 0 Å². The molecule has 0 radical (unpaired) electrons. The van der Waals surface area contributed by atoms with Gasteiger partial charge in [0.15, 0.2) is 0 Å². The van der Waals surface area contributed by atoms with E-state index in [1.165, 1.54) is 0 Å². The van der Waals surface area contributed by atoms with Crippen molar-refractivity contribution < 1.29 is 14.3 Å². The fourth-order valence-electron chi connectivity index (χ4n) is 2.47. The van der Waals surface area contributed by atoms with E-state index in [4.69, 9.17) is 4.74 Å². The zero-order valence-electron chi connectivity index (χ0n) is 14.0. The molecule has 1 saturated carbocycles. The maximum absolute atomic E-state index is 12.1. The molecule has 1 aliphatic rings. The summed E-state index contributed by atoms with van der Waals surface area (Å²) in [4.78, 5) is 26.1. The van der Waals surface area contributed by atoms with Crippen molar-refractivity contribution in [3.05, 3.63) is 29.8 Å². The van der Waals surface area contributed by atoms with Crippen molar-refractivity contribution in [2.45, 2.75) is 13.0 Å². The molecule has 1 aromatic carbocycles. The topological polar surface area (TPSA) is 70.7 Å². The highest BCUT2D eigenvalue weighted by atomic mass is 16.5. The summed E-state index contributed by atoms with van der Waals surface area (Å²) in [6, 6.07) is 7.57. The highest BCUT2D eigenvalue weighted by Crippen LogP contribution is 2.38. The Bertz CT molecular complexity index is 560. The number of nitrogens with one attached hydrogen (secondary N) is 2. The number of benzene rings is 1. The second-order valence-corrected chi connectivity index (χ2v) is 6.07. The molecule has 126 valence electrons. The van der Waals surface area contributed by atoms with Gasteiger partial charge in [0.05, 0.1) is 18.9 Å². The zero-order valence-corrected chi connectivity index (χ0v) is 14.0. The molecule has 6 heteroatoms. The van der Waals surface area contributed by atoms with Gasteiger partial charge in [0, 0.05) is 25.2 Å². The van der Waals surface area contributed by atoms with Crippen LogP contribution in [0.1, 0.15) is 12.0 Å². The van der Waals surface area contributed by atoms with E-state index in [-0.39, 0.29) is 23.7 Å². The van der Waals surface area contributed by atoms with Crippen LogP contribution in [0.5, 0.6) is 5.75 Å². The molecule has 6 nitrogen and oxygen atoms in total. The van der Waals surface area contributed by atoms with Crippen molar-refractivity contribution in [2.24, 2.45) is 11.8 Å². The van der Waals surface area contributed by atoms with Crippen molar-refractivity contribution in [1.29, 1.82) is 0 Å². The second-order valence-electron chi connectivity index (χ2n) is 6.07. The molecule has 1 fully saturated rings. The summed E-state index contributed by atoms with van der Waals surface area (Å²) in [5, 5.41) is 5.76. The molecular formula is C17H25N3O3. The number of hydrogen-bond donors (Lipinski definition) is 2. The first-order valence-corrected chi connectivity index (χ1v) is 7.85. The van der Waals surface area contributed by atoms with Crippen LogP contribution in [0.4, 0.5) is 0 Å². The van der Waals surface area contributed by atoms with Crippen molar-refractivity contribution in [2.75, 3.05) is 34.3 Å². The molecule has 1 aliphatic carbocycles. The fraction of sp³-hybridized carbons (Fsp3) is 0.529. The van der Waals surface area contributed by atoms with Gasteiger partial charge in [0.2, 0.25) is 11.8 Å². The van der Waals surface area contributed by atoms with E-state index < -0.39 is 0 Å². The first-order valence-electron chi connectivity index (χ1n) is 7.85. The lowest BCUT2D eigenvalue weighted by molar-refractivity contribution is -0.127. The molecule has 0 saturated heterocycles. The van der Waals surface area contributed by atoms with Gasteiger partial charge in [-0.2, -0.15) is 0 Å². The standard InChI is InChI=1S/C17H25N3O3/c1-20(2)9-8-18-16(21)13-10-14(13)17(22)19-11-12-6-4-5-7-15(12)23-3/h4-7,13-14H,8-11H2,1-3H3,(H,18,21)(H,19,22). The fourth-order valence-corrected chi connectivity index (χ4v) is 2.47. The number of ether oxygens (including phenoxy) is 1. The van der Waals surface area contributed by atoms with E-state index >= 15 is 0 Å². The minimum atomic E-state index is -0.205. The van der Waals surface area contributed by atoms with Gasteiger partial charge in [-0.1, -0.05) is 18.2 Å². The Balaban J connectivity index is 1.74. The van der Waals surface area contributed by atoms with E-state index in [0.717, 1.165) is 17.9 Å². The summed E-state index contributed by atoms with van der Waals surface area (Å²) < 4.78 is 5.26. The molecule has 2 amide bonds. The van der Waals surface area contributed by atoms with E-state index in [2.05, 4.69) is 10.6 Å². The minimum Gasteiger partial charge on any atom is -0.496 e. The molecule has 2 N–H and O–H groups in total. The van der Waals surface area contributed by atoms with Gasteiger partial charge in [0.1, 0.15) is 5.75 Å². The smallest absolute Gasteiger partial charge is 0.224 e. The average molecular weight is 319 g/mol. The number of amides is 2. The van der Waals surface area contributed by atoms with Gasteiger partial charge in [-0.25, -0.2) is 0 Å². The van der Waals surface area contributed by atoms with Crippen molar-refractivity contribution >= 4 is 11.8 Å². The maximum atomic E-state index is 12.1. The quantitative estimate of drug-likeness (QED) is 0.737. The summed E-state index contributed by atoms with van der Waals surface area (Å²) >= 11 is 0. The molecule has 2 atom stereocenters. The van der Waals surface area contributed by atoms with Crippen molar-refractivity contribution in [1.82, 2.24) is 15.5 Å². The molecule has 0 heterocycles. The van der Waals surface area contributed by atoms with E-state index in [1.54, 1.807) is 7.11 Å². The van der Waals surface area contributed by atoms with Crippen LogP contribution in [0.15, 0.2) is 24.3 Å². The van der Waals surface area contributed by atoms with Crippen LogP contribution in [-0.4, -0.2) is 51.0 Å². The normalized spacial score (nSPS) is 19.3. The lowest BCUT2D eigenvalue weighted by Gasteiger charge is -2.11. The Hall–Kier alpha value is -2.08. The SMILES string of the molecule is COc1ccccc1CNC(=O)C1CC1C(=O)NCCN(C)C. The molecule has 0 aliphatic heterocycles. The van der Waals surface area contributed by atoms with E-state index in [0.29, 0.717) is 19.5 Å². The van der Waals surface area contributed by atoms with Crippen LogP contribution in [0.3, 0.4) is 0 Å².